The monoisotopic (exact) mass is 583 g/mol. The molecule has 5 rings (SSSR count). The van der Waals surface area contributed by atoms with Crippen molar-refractivity contribution in [1.29, 1.82) is 10.7 Å². The molecule has 2 heterocycles. The highest BCUT2D eigenvalue weighted by molar-refractivity contribution is 5.99. The summed E-state index contributed by atoms with van der Waals surface area (Å²) in [6.07, 6.45) is 7.62. The molecular formula is C33H38FN7O2. The lowest BCUT2D eigenvalue weighted by atomic mass is 9.83. The molecule has 2 atom stereocenters. The van der Waals surface area contributed by atoms with Gasteiger partial charge in [0.1, 0.15) is 17.3 Å². The number of piperidine rings is 1. The van der Waals surface area contributed by atoms with Gasteiger partial charge in [0.15, 0.2) is 5.82 Å². The van der Waals surface area contributed by atoms with Crippen molar-refractivity contribution in [3.05, 3.63) is 97.2 Å². The Hall–Kier alpha value is -4.88. The Labute approximate surface area is 252 Å². The minimum absolute atomic E-state index is 0.00425. The molecule has 2 aromatic carbocycles. The standard InChI is InChI=1S/C25H27FN6O2.C4H5N.C4H6/c26-22-16-31(14-18-6-8-20(9-7-18)19-4-2-1-3-5-19)13-11-25(22,10-12-27)32-15-21(23(28)34)24(30-32)29-17-33;5-3-4-1-2-4;1-3-4-2/h1-9,12,15,17,22,27H,10-11,13-14,16H2,(H2,28,34)(H,29,30,33);4H,1-2H2;3-4H,1-2H2. The Balaban J connectivity index is 0.000000486. The van der Waals surface area contributed by atoms with E-state index in [4.69, 9.17) is 16.4 Å². The van der Waals surface area contributed by atoms with Crippen LogP contribution in [0.15, 0.2) is 86.1 Å². The highest BCUT2D eigenvalue weighted by Gasteiger charge is 2.46. The number of allylic oxidation sites excluding steroid dienone is 2. The van der Waals surface area contributed by atoms with Crippen molar-refractivity contribution < 1.29 is 14.0 Å². The van der Waals surface area contributed by atoms with Crippen LogP contribution in [0.3, 0.4) is 0 Å². The number of carbonyl (C=O) groups excluding carboxylic acids is 2. The first-order valence-electron chi connectivity index (χ1n) is 14.0. The van der Waals surface area contributed by atoms with Crippen LogP contribution in [-0.2, 0) is 16.9 Å². The average Bonchev–Trinajstić information content (AvgIpc) is 3.78. The zero-order chi connectivity index (χ0) is 31.2. The third kappa shape index (κ3) is 8.80. The van der Waals surface area contributed by atoms with E-state index in [0.717, 1.165) is 35.7 Å². The molecule has 0 spiro atoms. The minimum Gasteiger partial charge on any atom is -0.365 e. The Morgan fingerprint density at radius 1 is 1.16 bits per heavy atom. The van der Waals surface area contributed by atoms with E-state index in [1.54, 1.807) is 12.2 Å². The number of primary amides is 1. The molecular weight excluding hydrogens is 545 g/mol. The van der Waals surface area contributed by atoms with Crippen LogP contribution < -0.4 is 11.1 Å². The van der Waals surface area contributed by atoms with Gasteiger partial charge in [-0.15, -0.1) is 0 Å². The molecule has 1 saturated carbocycles. The van der Waals surface area contributed by atoms with Gasteiger partial charge in [0.2, 0.25) is 6.41 Å². The normalized spacial score (nSPS) is 19.2. The van der Waals surface area contributed by atoms with Crippen LogP contribution in [0.4, 0.5) is 10.2 Å². The number of aromatic nitrogens is 2. The smallest absolute Gasteiger partial charge is 0.254 e. The third-order valence-corrected chi connectivity index (χ3v) is 7.34. The molecule has 2 aliphatic rings. The largest absolute Gasteiger partial charge is 0.365 e. The number of likely N-dealkylation sites (tertiary alicyclic amines) is 1. The highest BCUT2D eigenvalue weighted by Crippen LogP contribution is 2.37. The summed E-state index contributed by atoms with van der Waals surface area (Å²) >= 11 is 0. The van der Waals surface area contributed by atoms with Gasteiger partial charge in [-0.3, -0.25) is 19.2 Å². The molecule has 9 nitrogen and oxygen atoms in total. The first-order valence-corrected chi connectivity index (χ1v) is 14.0. The van der Waals surface area contributed by atoms with Crippen molar-refractivity contribution in [2.75, 3.05) is 18.4 Å². The molecule has 2 amide bonds. The third-order valence-electron chi connectivity index (χ3n) is 7.34. The second-order valence-electron chi connectivity index (χ2n) is 10.4. The van der Waals surface area contributed by atoms with Crippen LogP contribution in [0.5, 0.6) is 0 Å². The number of nitrogens with one attached hydrogen (secondary N) is 2. The fourth-order valence-corrected chi connectivity index (χ4v) is 4.75. The summed E-state index contributed by atoms with van der Waals surface area (Å²) < 4.78 is 17.1. The van der Waals surface area contributed by atoms with Gasteiger partial charge in [0.25, 0.3) is 5.91 Å². The summed E-state index contributed by atoms with van der Waals surface area (Å²) in [5.74, 6) is -0.345. The molecule has 1 aliphatic heterocycles. The summed E-state index contributed by atoms with van der Waals surface area (Å²) in [5, 5.41) is 22.2. The van der Waals surface area contributed by atoms with Crippen molar-refractivity contribution in [2.24, 2.45) is 11.7 Å². The van der Waals surface area contributed by atoms with E-state index in [2.05, 4.69) is 66.0 Å². The maximum absolute atomic E-state index is 15.7. The molecule has 0 bridgehead atoms. The number of carbonyl (C=O) groups is 2. The van der Waals surface area contributed by atoms with E-state index in [1.807, 2.05) is 23.1 Å². The Morgan fingerprint density at radius 2 is 1.81 bits per heavy atom. The van der Waals surface area contributed by atoms with Crippen molar-refractivity contribution >= 4 is 24.3 Å². The van der Waals surface area contributed by atoms with Gasteiger partial charge in [0.05, 0.1) is 6.07 Å². The summed E-state index contributed by atoms with van der Waals surface area (Å²) in [5.41, 5.74) is 7.62. The topological polar surface area (TPSA) is 141 Å². The quantitative estimate of drug-likeness (QED) is 0.165. The second-order valence-corrected chi connectivity index (χ2v) is 10.4. The average molecular weight is 584 g/mol. The van der Waals surface area contributed by atoms with Crippen LogP contribution in [0.2, 0.25) is 0 Å². The Morgan fingerprint density at radius 3 is 2.30 bits per heavy atom. The predicted molar refractivity (Wildman–Crippen MR) is 167 cm³/mol. The molecule has 10 heteroatoms. The maximum atomic E-state index is 15.7. The van der Waals surface area contributed by atoms with Crippen LogP contribution in [-0.4, -0.2) is 52.5 Å². The summed E-state index contributed by atoms with van der Waals surface area (Å²) in [6, 6.07) is 20.5. The lowest BCUT2D eigenvalue weighted by molar-refractivity contribution is -0.105. The second kappa shape index (κ2) is 15.9. The van der Waals surface area contributed by atoms with Gasteiger partial charge in [-0.2, -0.15) is 10.4 Å². The number of hydrogen-bond donors (Lipinski definition) is 3. The fourth-order valence-electron chi connectivity index (χ4n) is 4.75. The van der Waals surface area contributed by atoms with Crippen molar-refractivity contribution in [3.63, 3.8) is 0 Å². The number of nitrogens with zero attached hydrogens (tertiary/aromatic N) is 4. The number of alkyl halides is 1. The number of hydrogen-bond acceptors (Lipinski definition) is 6. The number of benzene rings is 2. The van der Waals surface area contributed by atoms with E-state index < -0.39 is 17.6 Å². The zero-order valence-electron chi connectivity index (χ0n) is 24.2. The maximum Gasteiger partial charge on any atom is 0.254 e. The summed E-state index contributed by atoms with van der Waals surface area (Å²) in [7, 11) is 0. The molecule has 0 radical (unpaired) electrons. The van der Waals surface area contributed by atoms with Crippen molar-refractivity contribution in [2.45, 2.75) is 43.9 Å². The molecule has 1 aromatic heterocycles. The number of nitriles is 1. The molecule has 224 valence electrons. The van der Waals surface area contributed by atoms with Crippen LogP contribution in [0.25, 0.3) is 11.1 Å². The van der Waals surface area contributed by atoms with E-state index >= 15 is 4.39 Å². The molecule has 1 aliphatic carbocycles. The van der Waals surface area contributed by atoms with Gasteiger partial charge in [0, 0.05) is 38.2 Å². The Kier molecular flexibility index (Phi) is 12.1. The highest BCUT2D eigenvalue weighted by atomic mass is 19.1. The molecule has 1 saturated heterocycles. The molecule has 4 N–H and O–H groups in total. The molecule has 2 unspecified atom stereocenters. The first-order chi connectivity index (χ1) is 20.8. The SMILES string of the molecule is C=CC=C.N#CC1CC1.N=CCC1(n2cc(C(N)=O)c(NC=O)n2)CCN(Cc2ccc(-c3ccccc3)cc2)CC1F. The zero-order valence-corrected chi connectivity index (χ0v) is 24.2. The number of halogens is 1. The first kappa shape index (κ1) is 32.6. The van der Waals surface area contributed by atoms with Crippen LogP contribution in [0.1, 0.15) is 41.6 Å². The van der Waals surface area contributed by atoms with Crippen molar-refractivity contribution in [3.8, 4) is 17.2 Å². The van der Waals surface area contributed by atoms with Crippen molar-refractivity contribution in [1.82, 2.24) is 14.7 Å². The van der Waals surface area contributed by atoms with Crippen LogP contribution in [0, 0.1) is 22.7 Å². The number of rotatable bonds is 10. The van der Waals surface area contributed by atoms with E-state index in [1.165, 1.54) is 10.9 Å². The van der Waals surface area contributed by atoms with Gasteiger partial charge >= 0.3 is 0 Å². The van der Waals surface area contributed by atoms with Crippen LogP contribution >= 0.6 is 0 Å². The van der Waals surface area contributed by atoms with Gasteiger partial charge in [-0.05, 0) is 42.2 Å². The van der Waals surface area contributed by atoms with E-state index in [-0.39, 0.29) is 24.3 Å². The van der Waals surface area contributed by atoms with Gasteiger partial charge < -0.3 is 16.5 Å². The summed E-state index contributed by atoms with van der Waals surface area (Å²) in [6.45, 7) is 8.05. The van der Waals surface area contributed by atoms with Gasteiger partial charge in [-0.1, -0.05) is 79.9 Å². The number of anilines is 1. The summed E-state index contributed by atoms with van der Waals surface area (Å²) in [4.78, 5) is 24.7. The lowest BCUT2D eigenvalue weighted by Gasteiger charge is -2.44. The fraction of sp³-hybridized carbons (Fsp3) is 0.303. The minimum atomic E-state index is -1.35. The molecule has 3 aromatic rings. The Bertz CT molecular complexity index is 1420. The predicted octanol–water partition coefficient (Wildman–Crippen LogP) is 5.47. The van der Waals surface area contributed by atoms with E-state index in [9.17, 15) is 9.59 Å². The number of nitrogens with two attached hydrogens (primary N) is 1. The number of amides is 2. The lowest BCUT2D eigenvalue weighted by Crippen LogP contribution is -2.55. The molecule has 2 fully saturated rings. The molecule has 43 heavy (non-hydrogen) atoms. The van der Waals surface area contributed by atoms with E-state index in [0.29, 0.717) is 31.8 Å². The van der Waals surface area contributed by atoms with Gasteiger partial charge in [-0.25, -0.2) is 4.39 Å².